The molecule has 2 unspecified atom stereocenters. The number of sulfone groups is 1. The van der Waals surface area contributed by atoms with Crippen LogP contribution in [0, 0.1) is 5.92 Å². The average molecular weight is 267 g/mol. The van der Waals surface area contributed by atoms with Gasteiger partial charge in [-0.3, -0.25) is 0 Å². The zero-order chi connectivity index (χ0) is 13.2. The fourth-order valence-corrected chi connectivity index (χ4v) is 3.56. The monoisotopic (exact) mass is 267 g/mol. The Labute approximate surface area is 110 Å². The summed E-state index contributed by atoms with van der Waals surface area (Å²) in [6.45, 7) is 2.22. The smallest absolute Gasteiger partial charge is 0.177 e. The van der Waals surface area contributed by atoms with Gasteiger partial charge < -0.3 is 5.32 Å². The number of hydrogen-bond donors (Lipinski definition) is 1. The third-order valence-corrected chi connectivity index (χ3v) is 4.92. The van der Waals surface area contributed by atoms with Crippen molar-refractivity contribution in [1.82, 2.24) is 0 Å². The highest BCUT2D eigenvalue weighted by atomic mass is 32.2. The summed E-state index contributed by atoms with van der Waals surface area (Å²) >= 11 is 0. The second-order valence-corrected chi connectivity index (χ2v) is 7.18. The first kappa shape index (κ1) is 13.4. The van der Waals surface area contributed by atoms with Crippen molar-refractivity contribution < 1.29 is 8.42 Å². The predicted octanol–water partition coefficient (Wildman–Crippen LogP) is 3.08. The largest absolute Gasteiger partial charge is 0.381 e. The SMILES string of the molecule is CCC1CCC(Nc2ccccc2S(C)(=O)=O)C1. The van der Waals surface area contributed by atoms with Crippen molar-refractivity contribution in [3.05, 3.63) is 24.3 Å². The lowest BCUT2D eigenvalue weighted by Gasteiger charge is -2.16. The maximum Gasteiger partial charge on any atom is 0.177 e. The van der Waals surface area contributed by atoms with Crippen molar-refractivity contribution in [3.8, 4) is 0 Å². The van der Waals surface area contributed by atoms with Crippen LogP contribution in [-0.4, -0.2) is 20.7 Å². The van der Waals surface area contributed by atoms with Crippen molar-refractivity contribution in [2.45, 2.75) is 43.5 Å². The topological polar surface area (TPSA) is 46.2 Å². The van der Waals surface area contributed by atoms with Crippen LogP contribution in [-0.2, 0) is 9.84 Å². The van der Waals surface area contributed by atoms with Gasteiger partial charge in [-0.2, -0.15) is 0 Å². The summed E-state index contributed by atoms with van der Waals surface area (Å²) in [4.78, 5) is 0.407. The molecule has 0 aliphatic heterocycles. The molecule has 2 atom stereocenters. The maximum atomic E-state index is 11.7. The molecule has 0 heterocycles. The Bertz CT molecular complexity index is 510. The molecule has 0 aromatic heterocycles. The first-order chi connectivity index (χ1) is 8.50. The fourth-order valence-electron chi connectivity index (χ4n) is 2.71. The molecule has 1 aromatic carbocycles. The van der Waals surface area contributed by atoms with Gasteiger partial charge in [-0.05, 0) is 37.3 Å². The predicted molar refractivity (Wildman–Crippen MR) is 74.6 cm³/mol. The molecule has 3 nitrogen and oxygen atoms in total. The summed E-state index contributed by atoms with van der Waals surface area (Å²) in [5.74, 6) is 0.785. The van der Waals surface area contributed by atoms with Crippen molar-refractivity contribution >= 4 is 15.5 Å². The number of rotatable bonds is 4. The van der Waals surface area contributed by atoms with Gasteiger partial charge in [0.05, 0.1) is 10.6 Å². The van der Waals surface area contributed by atoms with Crippen molar-refractivity contribution in [3.63, 3.8) is 0 Å². The zero-order valence-corrected chi connectivity index (χ0v) is 11.8. The number of para-hydroxylation sites is 1. The number of anilines is 1. The van der Waals surface area contributed by atoms with E-state index < -0.39 is 9.84 Å². The normalized spacial score (nSPS) is 24.1. The molecule has 100 valence electrons. The molecule has 0 spiro atoms. The van der Waals surface area contributed by atoms with Crippen LogP contribution >= 0.6 is 0 Å². The van der Waals surface area contributed by atoms with Gasteiger partial charge in [-0.15, -0.1) is 0 Å². The van der Waals surface area contributed by atoms with Crippen LogP contribution in [0.1, 0.15) is 32.6 Å². The highest BCUT2D eigenvalue weighted by Crippen LogP contribution is 2.31. The minimum Gasteiger partial charge on any atom is -0.381 e. The lowest BCUT2D eigenvalue weighted by Crippen LogP contribution is -2.17. The van der Waals surface area contributed by atoms with Gasteiger partial charge in [-0.1, -0.05) is 25.5 Å². The van der Waals surface area contributed by atoms with E-state index in [4.69, 9.17) is 0 Å². The Kier molecular flexibility index (Phi) is 3.95. The van der Waals surface area contributed by atoms with Crippen LogP contribution in [0.25, 0.3) is 0 Å². The first-order valence-electron chi connectivity index (χ1n) is 6.56. The quantitative estimate of drug-likeness (QED) is 0.912. The highest BCUT2D eigenvalue weighted by Gasteiger charge is 2.24. The van der Waals surface area contributed by atoms with Crippen LogP contribution in [0.5, 0.6) is 0 Å². The standard InChI is InChI=1S/C14H21NO2S/c1-3-11-8-9-12(10-11)15-13-6-4-5-7-14(13)18(2,16)17/h4-7,11-12,15H,3,8-10H2,1-2H3. The van der Waals surface area contributed by atoms with Crippen molar-refractivity contribution in [1.29, 1.82) is 0 Å². The molecule has 2 rings (SSSR count). The van der Waals surface area contributed by atoms with Crippen molar-refractivity contribution in [2.24, 2.45) is 5.92 Å². The van der Waals surface area contributed by atoms with Crippen LogP contribution < -0.4 is 5.32 Å². The average Bonchev–Trinajstić information content (AvgIpc) is 2.76. The highest BCUT2D eigenvalue weighted by molar-refractivity contribution is 7.90. The van der Waals surface area contributed by atoms with Crippen LogP contribution in [0.3, 0.4) is 0 Å². The molecule has 1 aromatic rings. The Hall–Kier alpha value is -1.03. The summed E-state index contributed by atoms with van der Waals surface area (Å²) in [6.07, 6.45) is 6.00. The first-order valence-corrected chi connectivity index (χ1v) is 8.45. The zero-order valence-electron chi connectivity index (χ0n) is 11.0. The Morgan fingerprint density at radius 3 is 2.61 bits per heavy atom. The Balaban J connectivity index is 2.15. The van der Waals surface area contributed by atoms with E-state index in [1.54, 1.807) is 12.1 Å². The van der Waals surface area contributed by atoms with E-state index >= 15 is 0 Å². The lowest BCUT2D eigenvalue weighted by molar-refractivity contribution is 0.524. The fraction of sp³-hybridized carbons (Fsp3) is 0.571. The number of benzene rings is 1. The minimum atomic E-state index is -3.16. The van der Waals surface area contributed by atoms with E-state index in [1.165, 1.54) is 19.1 Å². The van der Waals surface area contributed by atoms with Gasteiger partial charge in [0.2, 0.25) is 0 Å². The molecule has 0 bridgehead atoms. The summed E-state index contributed by atoms with van der Waals surface area (Å²) in [5.41, 5.74) is 0.752. The molecule has 1 N–H and O–H groups in total. The third-order valence-electron chi connectivity index (χ3n) is 3.76. The molecule has 0 amide bonds. The molecule has 4 heteroatoms. The molecule has 1 fully saturated rings. The molecular formula is C14H21NO2S. The molecule has 18 heavy (non-hydrogen) atoms. The number of nitrogens with one attached hydrogen (secondary N) is 1. The van der Waals surface area contributed by atoms with Gasteiger partial charge in [0, 0.05) is 12.3 Å². The molecule has 0 saturated heterocycles. The van der Waals surface area contributed by atoms with Crippen LogP contribution in [0.4, 0.5) is 5.69 Å². The lowest BCUT2D eigenvalue weighted by atomic mass is 10.1. The van der Waals surface area contributed by atoms with Crippen molar-refractivity contribution in [2.75, 3.05) is 11.6 Å². The van der Waals surface area contributed by atoms with E-state index in [0.29, 0.717) is 10.9 Å². The van der Waals surface area contributed by atoms with E-state index in [-0.39, 0.29) is 0 Å². The van der Waals surface area contributed by atoms with E-state index in [2.05, 4.69) is 12.2 Å². The van der Waals surface area contributed by atoms with Gasteiger partial charge in [0.15, 0.2) is 9.84 Å². The molecular weight excluding hydrogens is 246 g/mol. The number of hydrogen-bond acceptors (Lipinski definition) is 3. The van der Waals surface area contributed by atoms with Gasteiger partial charge in [0.1, 0.15) is 0 Å². The van der Waals surface area contributed by atoms with Gasteiger partial charge in [-0.25, -0.2) is 8.42 Å². The summed E-state index contributed by atoms with van der Waals surface area (Å²) in [5, 5.41) is 3.40. The molecule has 0 radical (unpaired) electrons. The Morgan fingerprint density at radius 2 is 2.00 bits per heavy atom. The van der Waals surface area contributed by atoms with Gasteiger partial charge in [0.25, 0.3) is 0 Å². The third kappa shape index (κ3) is 3.05. The molecule has 1 aliphatic carbocycles. The summed E-state index contributed by atoms with van der Waals surface area (Å²) in [7, 11) is -3.16. The maximum absolute atomic E-state index is 11.7. The van der Waals surface area contributed by atoms with Crippen LogP contribution in [0.15, 0.2) is 29.2 Å². The van der Waals surface area contributed by atoms with E-state index in [1.807, 2.05) is 12.1 Å². The molecule has 1 saturated carbocycles. The molecule has 1 aliphatic rings. The summed E-state index contributed by atoms with van der Waals surface area (Å²) < 4.78 is 23.4. The Morgan fingerprint density at radius 1 is 1.28 bits per heavy atom. The second-order valence-electron chi connectivity index (χ2n) is 5.20. The minimum absolute atomic E-state index is 0.407. The van der Waals surface area contributed by atoms with E-state index in [0.717, 1.165) is 24.4 Å². The van der Waals surface area contributed by atoms with E-state index in [9.17, 15) is 8.42 Å². The summed E-state index contributed by atoms with van der Waals surface area (Å²) in [6, 6.07) is 7.59. The second kappa shape index (κ2) is 5.31. The van der Waals surface area contributed by atoms with Crippen LogP contribution in [0.2, 0.25) is 0 Å². The van der Waals surface area contributed by atoms with Gasteiger partial charge >= 0.3 is 0 Å².